The van der Waals surface area contributed by atoms with Crippen LogP contribution in [0.4, 0.5) is 0 Å². The molecule has 0 aromatic carbocycles. The van der Waals surface area contributed by atoms with E-state index in [4.69, 9.17) is 12.0 Å². The van der Waals surface area contributed by atoms with E-state index in [9.17, 15) is 0 Å². The van der Waals surface area contributed by atoms with Gasteiger partial charge >= 0.3 is 140 Å². The van der Waals surface area contributed by atoms with Crippen LogP contribution in [-0.4, -0.2) is 47.7 Å². The Bertz CT molecular complexity index is 554. The molecule has 6 nitrogen and oxygen atoms in total. The van der Waals surface area contributed by atoms with Crippen molar-refractivity contribution in [3.63, 3.8) is 0 Å². The summed E-state index contributed by atoms with van der Waals surface area (Å²) in [5.74, 6) is 0.996. The maximum atomic E-state index is 4.94. The largest absolute Gasteiger partial charge is 0.676 e. The molecule has 31 heavy (non-hydrogen) atoms. The van der Waals surface area contributed by atoms with Crippen LogP contribution < -0.4 is 5.32 Å². The molecule has 0 saturated carbocycles. The van der Waals surface area contributed by atoms with Crippen molar-refractivity contribution < 1.29 is 18.2 Å². The average molecular weight is 521 g/mol. The summed E-state index contributed by atoms with van der Waals surface area (Å²) in [5.41, 5.74) is 0.134. The molecule has 0 fully saturated rings. The predicted molar refractivity (Wildman–Crippen MR) is 135 cm³/mol. The Hall–Kier alpha value is -0.322. The topological polar surface area (TPSA) is 77.3 Å². The minimum Gasteiger partial charge on any atom is -0.676 e. The van der Waals surface area contributed by atoms with Crippen LogP contribution in [0.25, 0.3) is 10.6 Å². The molecule has 0 aromatic rings. The van der Waals surface area contributed by atoms with Crippen LogP contribution >= 0.6 is 0 Å². The standard InChI is InChI=1S/C12H25N3.C8H18N2.C4H9N.Mo/c1-8(2)14-10(4)15-9(3)11(13)12(5,6)7;1-6(2)9-8(5)10-7(3)4;1-4(2,3)5;/h8-9,11H,1-7H3,(H,14,15);6-8H,1-5H3;1-3H3;/q;-2;;+2. The van der Waals surface area contributed by atoms with Gasteiger partial charge in [0.25, 0.3) is 0 Å². The number of nitrogens with zero attached hydrogens (tertiary/aromatic N) is 5. The molecular formula is C24H52MoN6. The van der Waals surface area contributed by atoms with Gasteiger partial charge < -0.3 is 10.6 Å². The molecule has 0 aliphatic carbocycles. The Balaban J connectivity index is 0. The second kappa shape index (κ2) is 15.5. The third-order valence-corrected chi connectivity index (χ3v) is 6.08. The number of amidine groups is 1. The van der Waals surface area contributed by atoms with Crippen molar-refractivity contribution in [3.8, 4) is 0 Å². The fraction of sp³-hybridized carbons (Fsp3) is 0.958. The molecule has 2 unspecified atom stereocenters. The summed E-state index contributed by atoms with van der Waals surface area (Å²) in [7, 11) is 0. The van der Waals surface area contributed by atoms with Gasteiger partial charge in [-0.05, 0) is 0 Å². The third kappa shape index (κ3) is 21.3. The molecule has 0 bridgehead atoms. The second-order valence-electron chi connectivity index (χ2n) is 11.1. The summed E-state index contributed by atoms with van der Waals surface area (Å²) in [5, 5.41) is 12.1. The van der Waals surface area contributed by atoms with Crippen molar-refractivity contribution in [2.75, 3.05) is 0 Å². The SMILES string of the molecule is CC(=NC(C)C([N]=[Mo+2]=[N]C(C)(C)C)C(C)(C)C)NC(C)C.CC(C)[N-]C(C)[N-]C(C)C. The fourth-order valence-corrected chi connectivity index (χ4v) is 5.08. The predicted octanol–water partition coefficient (Wildman–Crippen LogP) is 7.35. The Morgan fingerprint density at radius 1 is 0.806 bits per heavy atom. The number of hydrogen-bond donors (Lipinski definition) is 1. The van der Waals surface area contributed by atoms with E-state index >= 15 is 0 Å². The van der Waals surface area contributed by atoms with Crippen LogP contribution in [0.2, 0.25) is 0 Å². The Labute approximate surface area is 202 Å². The maximum Gasteiger partial charge on any atom is -0.0819 e. The molecule has 0 radical (unpaired) electrons. The van der Waals surface area contributed by atoms with Crippen LogP contribution in [0.3, 0.4) is 0 Å². The number of rotatable bonds is 8. The van der Waals surface area contributed by atoms with Gasteiger partial charge in [-0.25, -0.2) is 6.17 Å². The van der Waals surface area contributed by atoms with Gasteiger partial charge in [0.15, 0.2) is 0 Å². The van der Waals surface area contributed by atoms with Crippen LogP contribution in [0.15, 0.2) is 12.0 Å². The number of aliphatic imine (C=N–C) groups is 1. The van der Waals surface area contributed by atoms with Gasteiger partial charge in [0.2, 0.25) is 0 Å². The smallest absolute Gasteiger partial charge is 0.0819 e. The van der Waals surface area contributed by atoms with Gasteiger partial charge in [0.1, 0.15) is 0 Å². The van der Waals surface area contributed by atoms with E-state index in [0.29, 0.717) is 18.1 Å². The first kappa shape index (κ1) is 32.9. The van der Waals surface area contributed by atoms with E-state index in [1.54, 1.807) is 0 Å². The summed E-state index contributed by atoms with van der Waals surface area (Å²) < 4.78 is 9.66. The molecular weight excluding hydrogens is 468 g/mol. The van der Waals surface area contributed by atoms with Crippen molar-refractivity contribution in [3.05, 3.63) is 10.6 Å². The molecule has 0 aromatic heterocycles. The summed E-state index contributed by atoms with van der Waals surface area (Å²) >= 11 is -0.675. The summed E-state index contributed by atoms with van der Waals surface area (Å²) in [6.07, 6.45) is 0.167. The first-order valence-electron chi connectivity index (χ1n) is 11.6. The van der Waals surface area contributed by atoms with Crippen molar-refractivity contribution in [1.82, 2.24) is 5.32 Å². The summed E-state index contributed by atoms with van der Waals surface area (Å²) in [6, 6.07) is 1.61. The molecule has 0 heterocycles. The second-order valence-corrected chi connectivity index (χ2v) is 12.5. The van der Waals surface area contributed by atoms with E-state index in [2.05, 4.69) is 106 Å². The third-order valence-electron chi connectivity index (χ3n) is 3.74. The van der Waals surface area contributed by atoms with Gasteiger partial charge in [-0.1, -0.05) is 27.7 Å². The van der Waals surface area contributed by atoms with Crippen molar-refractivity contribution >= 4 is 5.84 Å². The molecule has 0 rings (SSSR count). The zero-order valence-corrected chi connectivity index (χ0v) is 25.1. The first-order chi connectivity index (χ1) is 13.8. The molecule has 0 aliphatic rings. The van der Waals surface area contributed by atoms with Crippen molar-refractivity contribution in [2.45, 2.75) is 146 Å². The normalized spacial score (nSPS) is 14.9. The van der Waals surface area contributed by atoms with E-state index in [1.807, 2.05) is 13.8 Å². The van der Waals surface area contributed by atoms with Crippen molar-refractivity contribution in [1.29, 1.82) is 0 Å². The maximum absolute atomic E-state index is 4.94. The molecule has 0 aliphatic heterocycles. The zero-order chi connectivity index (χ0) is 25.0. The van der Waals surface area contributed by atoms with Gasteiger partial charge in [-0.3, -0.25) is 0 Å². The fourth-order valence-electron chi connectivity index (χ4n) is 2.90. The molecule has 0 saturated heterocycles. The molecule has 1 N–H and O–H groups in total. The van der Waals surface area contributed by atoms with Gasteiger partial charge in [-0.2, -0.15) is 0 Å². The summed E-state index contributed by atoms with van der Waals surface area (Å²) in [4.78, 5) is 4.79. The molecule has 0 amide bonds. The minimum absolute atomic E-state index is 0.0236. The first-order valence-corrected chi connectivity index (χ1v) is 13.4. The van der Waals surface area contributed by atoms with Gasteiger partial charge in [0.05, 0.1) is 0 Å². The molecule has 0 spiro atoms. The van der Waals surface area contributed by atoms with E-state index < -0.39 is 18.2 Å². The van der Waals surface area contributed by atoms with Crippen molar-refractivity contribution in [2.24, 2.45) is 17.4 Å². The monoisotopic (exact) mass is 522 g/mol. The van der Waals surface area contributed by atoms with Gasteiger partial charge in [0, 0.05) is 0 Å². The van der Waals surface area contributed by atoms with E-state index in [1.165, 1.54) is 0 Å². The molecule has 184 valence electrons. The average Bonchev–Trinajstić information content (AvgIpc) is 2.46. The van der Waals surface area contributed by atoms with Crippen LogP contribution in [0.5, 0.6) is 0 Å². The zero-order valence-electron chi connectivity index (χ0n) is 23.1. The summed E-state index contributed by atoms with van der Waals surface area (Å²) in [6.45, 7) is 31.9. The molecule has 2 atom stereocenters. The van der Waals surface area contributed by atoms with Crippen LogP contribution in [0, 0.1) is 5.41 Å². The number of hydrogen-bond acceptors (Lipinski definition) is 3. The van der Waals surface area contributed by atoms with Crippen LogP contribution in [-0.2, 0) is 18.2 Å². The van der Waals surface area contributed by atoms with Crippen LogP contribution in [0.1, 0.15) is 104 Å². The number of nitrogens with one attached hydrogen (secondary N) is 1. The Morgan fingerprint density at radius 2 is 1.26 bits per heavy atom. The van der Waals surface area contributed by atoms with E-state index in [0.717, 1.165) is 5.84 Å². The Kier molecular flexibility index (Phi) is 16.4. The van der Waals surface area contributed by atoms with E-state index in [-0.39, 0.29) is 29.2 Å². The minimum atomic E-state index is -0.675. The van der Waals surface area contributed by atoms with Gasteiger partial charge in [-0.15, -0.1) is 19.0 Å². The quantitative estimate of drug-likeness (QED) is 0.203. The Morgan fingerprint density at radius 3 is 1.58 bits per heavy atom. The molecule has 7 heteroatoms.